The fourth-order valence-corrected chi connectivity index (χ4v) is 2.62. The maximum Gasteiger partial charge on any atom is 0.295 e. The van der Waals surface area contributed by atoms with Crippen molar-refractivity contribution in [1.29, 1.82) is 0 Å². The molecule has 7 heteroatoms. The summed E-state index contributed by atoms with van der Waals surface area (Å²) >= 11 is 0. The number of imidazole rings is 1. The van der Waals surface area contributed by atoms with Gasteiger partial charge in [-0.2, -0.15) is 0 Å². The minimum absolute atomic E-state index is 0.0307. The van der Waals surface area contributed by atoms with Gasteiger partial charge in [0.05, 0.1) is 30.1 Å². The summed E-state index contributed by atoms with van der Waals surface area (Å²) in [7, 11) is 0. The summed E-state index contributed by atoms with van der Waals surface area (Å²) in [5.74, 6) is -0.244. The molecule has 114 valence electrons. The van der Waals surface area contributed by atoms with Gasteiger partial charge in [0, 0.05) is 25.9 Å². The predicted molar refractivity (Wildman–Crippen MR) is 73.8 cm³/mol. The van der Waals surface area contributed by atoms with Crippen LogP contribution in [0, 0.1) is 0 Å². The SMILES string of the molecule is OCCC1CN(c2ccc3cnc(C(F)F)n3c2)CCO1. The Morgan fingerprint density at radius 2 is 2.29 bits per heavy atom. The molecule has 1 unspecified atom stereocenters. The Bertz CT molecular complexity index is 615. The molecule has 3 heterocycles. The molecular weight excluding hydrogens is 280 g/mol. The molecule has 0 saturated carbocycles. The summed E-state index contributed by atoms with van der Waals surface area (Å²) in [5, 5.41) is 8.99. The molecule has 0 bridgehead atoms. The predicted octanol–water partition coefficient (Wildman–Crippen LogP) is 1.86. The van der Waals surface area contributed by atoms with Gasteiger partial charge in [0.2, 0.25) is 0 Å². The maximum absolute atomic E-state index is 12.9. The molecule has 1 saturated heterocycles. The molecule has 5 nitrogen and oxygen atoms in total. The number of rotatable bonds is 4. The van der Waals surface area contributed by atoms with E-state index in [-0.39, 0.29) is 18.5 Å². The lowest BCUT2D eigenvalue weighted by Crippen LogP contribution is -2.43. The molecule has 0 aliphatic carbocycles. The van der Waals surface area contributed by atoms with Crippen LogP contribution < -0.4 is 4.90 Å². The van der Waals surface area contributed by atoms with Crippen molar-refractivity contribution in [3.05, 3.63) is 30.4 Å². The largest absolute Gasteiger partial charge is 0.396 e. The summed E-state index contributed by atoms with van der Waals surface area (Å²) in [6.07, 6.45) is 1.07. The first-order valence-corrected chi connectivity index (χ1v) is 6.91. The topological polar surface area (TPSA) is 50.0 Å². The first kappa shape index (κ1) is 14.2. The van der Waals surface area contributed by atoms with Crippen molar-refractivity contribution in [2.45, 2.75) is 19.0 Å². The Balaban J connectivity index is 1.87. The number of halogens is 2. The Labute approximate surface area is 120 Å². The van der Waals surface area contributed by atoms with Crippen LogP contribution in [0.5, 0.6) is 0 Å². The van der Waals surface area contributed by atoms with E-state index in [1.54, 1.807) is 12.3 Å². The molecule has 0 spiro atoms. The van der Waals surface area contributed by atoms with Crippen LogP contribution in [0.4, 0.5) is 14.5 Å². The van der Waals surface area contributed by atoms with Gasteiger partial charge in [-0.25, -0.2) is 13.8 Å². The average Bonchev–Trinajstić information content (AvgIpc) is 2.91. The second kappa shape index (κ2) is 5.95. The van der Waals surface area contributed by atoms with Crippen molar-refractivity contribution < 1.29 is 18.6 Å². The zero-order chi connectivity index (χ0) is 14.8. The van der Waals surface area contributed by atoms with Gasteiger partial charge in [0.25, 0.3) is 6.43 Å². The molecule has 1 atom stereocenters. The van der Waals surface area contributed by atoms with Crippen molar-refractivity contribution in [3.8, 4) is 0 Å². The first-order valence-electron chi connectivity index (χ1n) is 6.91. The van der Waals surface area contributed by atoms with Gasteiger partial charge in [-0.05, 0) is 18.6 Å². The van der Waals surface area contributed by atoms with E-state index in [9.17, 15) is 8.78 Å². The quantitative estimate of drug-likeness (QED) is 0.936. The van der Waals surface area contributed by atoms with Crippen LogP contribution in [0.2, 0.25) is 0 Å². The molecule has 1 N–H and O–H groups in total. The van der Waals surface area contributed by atoms with E-state index in [1.807, 2.05) is 6.07 Å². The van der Waals surface area contributed by atoms with Crippen molar-refractivity contribution in [2.75, 3.05) is 31.2 Å². The fourth-order valence-electron chi connectivity index (χ4n) is 2.62. The number of aliphatic hydroxyl groups is 1. The standard InChI is InChI=1S/C14H17F2N3O2/c15-13(16)14-17-7-10-1-2-11(8-19(10)14)18-4-6-21-12(9-18)3-5-20/h1-2,7-8,12-13,20H,3-6,9H2. The van der Waals surface area contributed by atoms with Crippen LogP contribution in [0.1, 0.15) is 18.7 Å². The molecule has 0 amide bonds. The number of pyridine rings is 1. The molecule has 2 aromatic rings. The minimum Gasteiger partial charge on any atom is -0.396 e. The van der Waals surface area contributed by atoms with Gasteiger partial charge in [-0.15, -0.1) is 0 Å². The second-order valence-corrected chi connectivity index (χ2v) is 5.05. The number of anilines is 1. The Hall–Kier alpha value is -1.73. The van der Waals surface area contributed by atoms with Gasteiger partial charge < -0.3 is 14.7 Å². The molecule has 1 fully saturated rings. The van der Waals surface area contributed by atoms with E-state index in [2.05, 4.69) is 9.88 Å². The number of morpholine rings is 1. The Morgan fingerprint density at radius 1 is 1.43 bits per heavy atom. The lowest BCUT2D eigenvalue weighted by atomic mass is 10.2. The highest BCUT2D eigenvalue weighted by molar-refractivity contribution is 5.55. The molecule has 1 aliphatic rings. The maximum atomic E-state index is 12.9. The van der Waals surface area contributed by atoms with E-state index < -0.39 is 6.43 Å². The van der Waals surface area contributed by atoms with Gasteiger partial charge in [-0.1, -0.05) is 0 Å². The molecular formula is C14H17F2N3O2. The van der Waals surface area contributed by atoms with Crippen LogP contribution >= 0.6 is 0 Å². The number of nitrogens with zero attached hydrogens (tertiary/aromatic N) is 3. The number of fused-ring (bicyclic) bond motifs is 1. The summed E-state index contributed by atoms with van der Waals surface area (Å²) in [5.41, 5.74) is 1.50. The number of aromatic nitrogens is 2. The third-order valence-electron chi connectivity index (χ3n) is 3.69. The van der Waals surface area contributed by atoms with Crippen molar-refractivity contribution in [1.82, 2.24) is 9.38 Å². The van der Waals surface area contributed by atoms with Crippen molar-refractivity contribution in [3.63, 3.8) is 0 Å². The van der Waals surface area contributed by atoms with E-state index in [4.69, 9.17) is 9.84 Å². The number of hydrogen-bond acceptors (Lipinski definition) is 4. The second-order valence-electron chi connectivity index (χ2n) is 5.05. The van der Waals surface area contributed by atoms with E-state index in [0.29, 0.717) is 31.6 Å². The highest BCUT2D eigenvalue weighted by atomic mass is 19.3. The zero-order valence-corrected chi connectivity index (χ0v) is 11.5. The van der Waals surface area contributed by atoms with Gasteiger partial charge in [0.1, 0.15) is 0 Å². The normalized spacial score (nSPS) is 19.6. The summed E-state index contributed by atoms with van der Waals surface area (Å²) < 4.78 is 32.8. The van der Waals surface area contributed by atoms with Crippen LogP contribution in [-0.2, 0) is 4.74 Å². The minimum atomic E-state index is -2.60. The van der Waals surface area contributed by atoms with Crippen molar-refractivity contribution in [2.24, 2.45) is 0 Å². The number of hydrogen-bond donors (Lipinski definition) is 1. The van der Waals surface area contributed by atoms with E-state index in [1.165, 1.54) is 10.6 Å². The van der Waals surface area contributed by atoms with Crippen molar-refractivity contribution >= 4 is 11.2 Å². The van der Waals surface area contributed by atoms with E-state index >= 15 is 0 Å². The van der Waals surface area contributed by atoms with Crippen LogP contribution in [-0.4, -0.2) is 46.9 Å². The summed E-state index contributed by atoms with van der Waals surface area (Å²) in [6, 6.07) is 3.68. The molecule has 1 aliphatic heterocycles. The highest BCUT2D eigenvalue weighted by Gasteiger charge is 2.21. The number of alkyl halides is 2. The summed E-state index contributed by atoms with van der Waals surface area (Å²) in [6.45, 7) is 1.99. The van der Waals surface area contributed by atoms with Crippen LogP contribution in [0.25, 0.3) is 5.52 Å². The smallest absolute Gasteiger partial charge is 0.295 e. The fraction of sp³-hybridized carbons (Fsp3) is 0.500. The molecule has 2 aromatic heterocycles. The number of aliphatic hydroxyl groups excluding tert-OH is 1. The molecule has 3 rings (SSSR count). The lowest BCUT2D eigenvalue weighted by molar-refractivity contribution is 0.0247. The monoisotopic (exact) mass is 297 g/mol. The van der Waals surface area contributed by atoms with Gasteiger partial charge >= 0.3 is 0 Å². The average molecular weight is 297 g/mol. The van der Waals surface area contributed by atoms with Crippen LogP contribution in [0.15, 0.2) is 24.5 Å². The van der Waals surface area contributed by atoms with Gasteiger partial charge in [0.15, 0.2) is 5.82 Å². The molecule has 0 radical (unpaired) electrons. The lowest BCUT2D eigenvalue weighted by Gasteiger charge is -2.34. The molecule has 21 heavy (non-hydrogen) atoms. The van der Waals surface area contributed by atoms with Crippen LogP contribution in [0.3, 0.4) is 0 Å². The Morgan fingerprint density at radius 3 is 3.05 bits per heavy atom. The third kappa shape index (κ3) is 2.84. The van der Waals surface area contributed by atoms with Gasteiger partial charge in [-0.3, -0.25) is 4.40 Å². The van der Waals surface area contributed by atoms with E-state index in [0.717, 1.165) is 5.69 Å². The molecule has 0 aromatic carbocycles. The Kier molecular flexibility index (Phi) is 4.03. The highest BCUT2D eigenvalue weighted by Crippen LogP contribution is 2.24. The summed E-state index contributed by atoms with van der Waals surface area (Å²) in [4.78, 5) is 5.84. The first-order chi connectivity index (χ1) is 10.2. The zero-order valence-electron chi connectivity index (χ0n) is 11.5. The third-order valence-corrected chi connectivity index (χ3v) is 3.69. The number of ether oxygens (including phenoxy) is 1.